The summed E-state index contributed by atoms with van der Waals surface area (Å²) in [7, 11) is -0.674. The summed E-state index contributed by atoms with van der Waals surface area (Å²) in [4.78, 5) is 11.7. The van der Waals surface area contributed by atoms with Crippen LogP contribution in [-0.2, 0) is 39.8 Å². The highest BCUT2D eigenvalue weighted by Crippen LogP contribution is 2.64. The minimum Gasteiger partial charge on any atom is -0.463 e. The van der Waals surface area contributed by atoms with Crippen LogP contribution in [0.3, 0.4) is 0 Å². The first-order chi connectivity index (χ1) is 19.7. The molecule has 3 aliphatic heterocycles. The Labute approximate surface area is 246 Å². The molecule has 7 nitrogen and oxygen atoms in total. The first-order valence-electron chi connectivity index (χ1n) is 15.3. The predicted octanol–water partition coefficient (Wildman–Crippen LogP) is 5.79. The molecule has 0 aromatic heterocycles. The Bertz CT molecular complexity index is 1090. The second kappa shape index (κ2) is 13.4. The van der Waals surface area contributed by atoms with Crippen molar-refractivity contribution >= 4 is 19.8 Å². The summed E-state index contributed by atoms with van der Waals surface area (Å²) < 4.78 is 38.6. The number of fused-ring (bicyclic) bond motifs is 2. The van der Waals surface area contributed by atoms with Crippen molar-refractivity contribution in [2.45, 2.75) is 96.7 Å². The van der Waals surface area contributed by atoms with Crippen molar-refractivity contribution < 1.29 is 33.2 Å². The van der Waals surface area contributed by atoms with Crippen LogP contribution >= 0.6 is 7.55 Å². The van der Waals surface area contributed by atoms with E-state index in [1.165, 1.54) is 12.5 Å². The average molecular weight is 588 g/mol. The highest BCUT2D eigenvalue weighted by molar-refractivity contribution is 7.55. The Morgan fingerprint density at radius 1 is 1.10 bits per heavy atom. The van der Waals surface area contributed by atoms with Crippen molar-refractivity contribution in [1.82, 2.24) is 0 Å². The fraction of sp³-hybridized carbons (Fsp3) is 0.697. The molecule has 0 bridgehead atoms. The molecule has 5 rings (SSSR count). The van der Waals surface area contributed by atoms with E-state index in [1.54, 1.807) is 0 Å². The molecule has 41 heavy (non-hydrogen) atoms. The van der Waals surface area contributed by atoms with E-state index < -0.39 is 7.55 Å². The van der Waals surface area contributed by atoms with Crippen molar-refractivity contribution in [3.8, 4) is 0 Å². The molecular weight excluding hydrogens is 539 g/mol. The Kier molecular flexibility index (Phi) is 10.1. The monoisotopic (exact) mass is 587 g/mol. The molecule has 1 aromatic rings. The van der Waals surface area contributed by atoms with Gasteiger partial charge in [-0.15, -0.1) is 0 Å². The molecule has 3 heterocycles. The van der Waals surface area contributed by atoms with Crippen LogP contribution in [0, 0.1) is 29.6 Å². The molecule has 0 radical (unpaired) electrons. The van der Waals surface area contributed by atoms with Crippen LogP contribution in [0.4, 0.5) is 0 Å². The van der Waals surface area contributed by atoms with Crippen molar-refractivity contribution in [3.63, 3.8) is 0 Å². The zero-order chi connectivity index (χ0) is 29.3. The van der Waals surface area contributed by atoms with Gasteiger partial charge in [0.1, 0.15) is 33.0 Å². The van der Waals surface area contributed by atoms with Gasteiger partial charge in [-0.25, -0.2) is 0 Å². The van der Waals surface area contributed by atoms with Gasteiger partial charge >= 0.3 is 12.0 Å². The minimum atomic E-state index is -0.674. The Balaban J connectivity index is 1.46. The molecular formula is C33H48O7P+. The van der Waals surface area contributed by atoms with Gasteiger partial charge in [0.15, 0.2) is 0 Å². The van der Waals surface area contributed by atoms with Gasteiger partial charge in [-0.3, -0.25) is 4.79 Å². The van der Waals surface area contributed by atoms with E-state index in [0.29, 0.717) is 25.0 Å². The second-order valence-electron chi connectivity index (χ2n) is 12.3. The van der Waals surface area contributed by atoms with Crippen LogP contribution in [0.1, 0.15) is 53.0 Å². The van der Waals surface area contributed by atoms with Gasteiger partial charge in [0.25, 0.3) is 0 Å². The molecule has 0 spiro atoms. The standard InChI is InChI=1S/C33H48O7P/c1-8-13-23-30(29-27-24(17-35-21(5)34)38-20(4)26(28(27)29)19(3)9-2)39-25-18-37-33(41(6)7)40-32(25)31(23)36-16-22-14-11-10-12-15-22/h9-12,14-15,20,23-33H,6,8,13,16-18H2,1-5,7H3/q+1. The molecule has 4 fully saturated rings. The van der Waals surface area contributed by atoms with Crippen LogP contribution in [0.5, 0.6) is 0 Å². The van der Waals surface area contributed by atoms with Crippen LogP contribution in [-0.4, -0.2) is 74.8 Å². The molecule has 1 aromatic carbocycles. The first kappa shape index (κ1) is 30.8. The molecule has 3 saturated heterocycles. The summed E-state index contributed by atoms with van der Waals surface area (Å²) in [6.45, 7) is 13.5. The number of carbonyl (C=O) groups is 1. The molecule has 1 saturated carbocycles. The maximum absolute atomic E-state index is 11.7. The molecule has 13 atom stereocenters. The highest BCUT2D eigenvalue weighted by Gasteiger charge is 2.68. The van der Waals surface area contributed by atoms with Crippen LogP contribution < -0.4 is 0 Å². The zero-order valence-corrected chi connectivity index (χ0v) is 26.3. The summed E-state index contributed by atoms with van der Waals surface area (Å²) in [6.07, 6.45) is 7.74. The fourth-order valence-corrected chi connectivity index (χ4v) is 8.39. The number of carbonyl (C=O) groups excluding carboxylic acids is 1. The number of hydrogen-bond donors (Lipinski definition) is 0. The smallest absolute Gasteiger partial charge is 0.324 e. The summed E-state index contributed by atoms with van der Waals surface area (Å²) >= 11 is 0. The third kappa shape index (κ3) is 6.51. The van der Waals surface area contributed by atoms with Crippen molar-refractivity contribution in [1.29, 1.82) is 0 Å². The van der Waals surface area contributed by atoms with E-state index in [4.69, 9.17) is 28.4 Å². The van der Waals surface area contributed by atoms with Gasteiger partial charge in [0, 0.05) is 18.8 Å². The lowest BCUT2D eigenvalue weighted by Crippen LogP contribution is -2.61. The van der Waals surface area contributed by atoms with E-state index in [0.717, 1.165) is 18.4 Å². The number of ether oxygens (including phenoxy) is 6. The zero-order valence-electron chi connectivity index (χ0n) is 25.4. The molecule has 13 unspecified atom stereocenters. The van der Waals surface area contributed by atoms with Crippen molar-refractivity contribution in [2.75, 3.05) is 19.9 Å². The lowest BCUT2D eigenvalue weighted by molar-refractivity contribution is -0.308. The fourth-order valence-electron chi connectivity index (χ4n) is 7.70. The lowest BCUT2D eigenvalue weighted by Gasteiger charge is -2.49. The third-order valence-corrected chi connectivity index (χ3v) is 10.5. The molecule has 0 N–H and O–H groups in total. The molecule has 226 valence electrons. The minimum absolute atomic E-state index is 0.0282. The van der Waals surface area contributed by atoms with E-state index in [2.05, 4.69) is 71.0 Å². The average Bonchev–Trinajstić information content (AvgIpc) is 3.69. The third-order valence-electron chi connectivity index (χ3n) is 9.55. The number of esters is 1. The van der Waals surface area contributed by atoms with E-state index in [-0.39, 0.29) is 73.0 Å². The second-order valence-corrected chi connectivity index (χ2v) is 14.3. The molecule has 1 aliphatic carbocycles. The maximum Gasteiger partial charge on any atom is 0.324 e. The topological polar surface area (TPSA) is 72.5 Å². The normalized spacial score (nSPS) is 40.7. The number of benzene rings is 1. The van der Waals surface area contributed by atoms with Crippen LogP contribution in [0.25, 0.3) is 0 Å². The molecule has 4 aliphatic rings. The summed E-state index contributed by atoms with van der Waals surface area (Å²) in [5.74, 6) is 1.10. The summed E-state index contributed by atoms with van der Waals surface area (Å²) in [6, 6.07) is 10.0. The molecule has 0 amide bonds. The maximum atomic E-state index is 11.7. The quantitative estimate of drug-likeness (QED) is 0.195. The Hall–Kier alpha value is -1.60. The van der Waals surface area contributed by atoms with Gasteiger partial charge in [0.05, 0.1) is 43.9 Å². The van der Waals surface area contributed by atoms with Gasteiger partial charge in [0.2, 0.25) is 0 Å². The summed E-state index contributed by atoms with van der Waals surface area (Å²) in [5.41, 5.74) is 2.49. The highest BCUT2D eigenvalue weighted by atomic mass is 31.1. The van der Waals surface area contributed by atoms with Crippen LogP contribution in [0.15, 0.2) is 42.0 Å². The predicted molar refractivity (Wildman–Crippen MR) is 161 cm³/mol. The van der Waals surface area contributed by atoms with Crippen molar-refractivity contribution in [3.05, 3.63) is 47.5 Å². The number of hydrogen-bond acceptors (Lipinski definition) is 7. The van der Waals surface area contributed by atoms with Crippen LogP contribution in [0.2, 0.25) is 0 Å². The lowest BCUT2D eigenvalue weighted by atomic mass is 9.79. The van der Waals surface area contributed by atoms with Gasteiger partial charge < -0.3 is 28.4 Å². The number of allylic oxidation sites excluding steroid dienone is 1. The Morgan fingerprint density at radius 3 is 2.51 bits per heavy atom. The van der Waals surface area contributed by atoms with Crippen molar-refractivity contribution in [2.24, 2.45) is 29.6 Å². The molecule has 8 heteroatoms. The van der Waals surface area contributed by atoms with E-state index in [9.17, 15) is 4.79 Å². The Morgan fingerprint density at radius 2 is 1.85 bits per heavy atom. The van der Waals surface area contributed by atoms with E-state index >= 15 is 0 Å². The van der Waals surface area contributed by atoms with Gasteiger partial charge in [-0.1, -0.05) is 55.3 Å². The first-order valence-corrected chi connectivity index (χ1v) is 17.3. The van der Waals surface area contributed by atoms with E-state index in [1.807, 2.05) is 6.07 Å². The van der Waals surface area contributed by atoms with Gasteiger partial charge in [-0.05, 0) is 50.5 Å². The number of rotatable bonds is 10. The summed E-state index contributed by atoms with van der Waals surface area (Å²) in [5, 5.41) is 0. The SMILES string of the molecule is C=[P+](C)C1OCC2OC(C3C4C(COC(C)=O)OC(C)C(C(C)=CC)C43)C(CCC)C(OCc3ccccc3)C2O1. The largest absolute Gasteiger partial charge is 0.463 e. The van der Waals surface area contributed by atoms with Gasteiger partial charge in [-0.2, -0.15) is 0 Å².